The Morgan fingerprint density at radius 1 is 0.333 bits per heavy atom. The smallest absolute Gasteiger partial charge is 0.0588 e. The highest BCUT2D eigenvalue weighted by Crippen LogP contribution is 2.32. The van der Waals surface area contributed by atoms with Gasteiger partial charge in [-0.25, -0.2) is 0 Å². The number of nitrogens with one attached hydrogen (secondary N) is 2. The van der Waals surface area contributed by atoms with Crippen molar-refractivity contribution in [2.45, 2.75) is 0 Å². The molecule has 42 heavy (non-hydrogen) atoms. The number of hydrogen-bond donors (Lipinski definition) is 2. The molecule has 0 saturated heterocycles. The lowest BCUT2D eigenvalue weighted by molar-refractivity contribution is 1.26. The Morgan fingerprint density at radius 2 is 0.667 bits per heavy atom. The average molecular weight is 543 g/mol. The Kier molecular flexibility index (Phi) is 8.24. The van der Waals surface area contributed by atoms with E-state index in [1.807, 2.05) is 60.7 Å². The molecular weight excluding hydrogens is 512 g/mol. The van der Waals surface area contributed by atoms with Crippen LogP contribution >= 0.6 is 0 Å². The van der Waals surface area contributed by atoms with Gasteiger partial charge in [-0.15, -0.1) is 0 Å². The van der Waals surface area contributed by atoms with Crippen LogP contribution in [0.3, 0.4) is 0 Å². The largest absolute Gasteiger partial charge is 0.354 e. The van der Waals surface area contributed by atoms with E-state index in [0.717, 1.165) is 56.1 Å². The highest BCUT2D eigenvalue weighted by Gasteiger charge is 2.08. The predicted molar refractivity (Wildman–Crippen MR) is 178 cm³/mol. The Hall–Kier alpha value is -5.74. The number of benzene rings is 6. The van der Waals surface area contributed by atoms with Gasteiger partial charge in [-0.1, -0.05) is 133 Å². The minimum absolute atomic E-state index is 0.945. The van der Waals surface area contributed by atoms with Crippen LogP contribution in [-0.2, 0) is 0 Å². The molecule has 0 atom stereocenters. The molecule has 0 radical (unpaired) electrons. The van der Waals surface area contributed by atoms with Crippen molar-refractivity contribution in [3.05, 3.63) is 169 Å². The summed E-state index contributed by atoms with van der Waals surface area (Å²) in [6.07, 6.45) is 3.56. The van der Waals surface area contributed by atoms with Crippen molar-refractivity contribution in [2.75, 3.05) is 10.6 Å². The molecule has 0 amide bonds. The van der Waals surface area contributed by atoms with Gasteiger partial charge in [0.15, 0.2) is 0 Å². The van der Waals surface area contributed by atoms with Crippen molar-refractivity contribution < 1.29 is 0 Å². The van der Waals surface area contributed by atoms with E-state index in [-0.39, 0.29) is 0 Å². The molecule has 2 N–H and O–H groups in total. The van der Waals surface area contributed by atoms with E-state index in [2.05, 4.69) is 118 Å². The fourth-order valence-electron chi connectivity index (χ4n) is 4.85. The number of para-hydroxylation sites is 4. The Balaban J connectivity index is 1.21. The second-order valence-corrected chi connectivity index (χ2v) is 9.74. The van der Waals surface area contributed by atoms with Crippen molar-refractivity contribution in [3.63, 3.8) is 0 Å². The second kappa shape index (κ2) is 13.1. The van der Waals surface area contributed by atoms with Crippen LogP contribution in [0.2, 0.25) is 0 Å². The summed E-state index contributed by atoms with van der Waals surface area (Å²) in [4.78, 5) is 0. The van der Waals surface area contributed by atoms with E-state index in [9.17, 15) is 0 Å². The maximum absolute atomic E-state index is 4.41. The molecule has 202 valence electrons. The zero-order valence-corrected chi connectivity index (χ0v) is 23.1. The summed E-state index contributed by atoms with van der Waals surface area (Å²) in [6.45, 7) is 0. The van der Waals surface area contributed by atoms with Gasteiger partial charge in [-0.05, 0) is 35.4 Å². The topological polar surface area (TPSA) is 48.8 Å². The summed E-state index contributed by atoms with van der Waals surface area (Å²) in [5.74, 6) is 0. The van der Waals surface area contributed by atoms with Crippen LogP contribution in [0.25, 0.3) is 22.3 Å². The highest BCUT2D eigenvalue weighted by atomic mass is 15.2. The standard InChI is InChI=1S/C38H30N4/c1-3-15-29(16-4-1)33-21-9-13-25-37(33)41-35-23-11-7-19-31(35)27-39-40-28-32-20-8-12-24-36(32)42-38-26-14-10-22-34(38)30-17-5-2-6-18-30/h1-28,41-42H. The molecule has 4 nitrogen and oxygen atoms in total. The zero-order chi connectivity index (χ0) is 28.4. The van der Waals surface area contributed by atoms with E-state index >= 15 is 0 Å². The third-order valence-electron chi connectivity index (χ3n) is 6.94. The zero-order valence-electron chi connectivity index (χ0n) is 23.1. The maximum Gasteiger partial charge on any atom is 0.0588 e. The van der Waals surface area contributed by atoms with Gasteiger partial charge in [0.05, 0.1) is 12.4 Å². The third-order valence-corrected chi connectivity index (χ3v) is 6.94. The number of rotatable bonds is 9. The lowest BCUT2D eigenvalue weighted by Gasteiger charge is -2.14. The highest BCUT2D eigenvalue weighted by molar-refractivity contribution is 5.93. The third kappa shape index (κ3) is 6.35. The van der Waals surface area contributed by atoms with Gasteiger partial charge in [-0.2, -0.15) is 10.2 Å². The quantitative estimate of drug-likeness (QED) is 0.141. The van der Waals surface area contributed by atoms with Crippen LogP contribution in [0.15, 0.2) is 168 Å². The van der Waals surface area contributed by atoms with Crippen LogP contribution in [0.5, 0.6) is 0 Å². The molecule has 0 aliphatic rings. The fourth-order valence-corrected chi connectivity index (χ4v) is 4.85. The molecule has 6 aromatic carbocycles. The van der Waals surface area contributed by atoms with Crippen molar-refractivity contribution in [1.29, 1.82) is 0 Å². The minimum Gasteiger partial charge on any atom is -0.354 e. The van der Waals surface area contributed by atoms with Crippen LogP contribution in [0.4, 0.5) is 22.7 Å². The summed E-state index contributed by atoms with van der Waals surface area (Å²) in [5.41, 5.74) is 10.5. The molecule has 0 heterocycles. The molecular formula is C38H30N4. The normalized spacial score (nSPS) is 11.1. The number of hydrogen-bond acceptors (Lipinski definition) is 4. The van der Waals surface area contributed by atoms with E-state index in [0.29, 0.717) is 0 Å². The van der Waals surface area contributed by atoms with Gasteiger partial charge < -0.3 is 10.6 Å². The molecule has 6 rings (SSSR count). The first-order valence-corrected chi connectivity index (χ1v) is 13.9. The van der Waals surface area contributed by atoms with Crippen molar-refractivity contribution in [1.82, 2.24) is 0 Å². The summed E-state index contributed by atoms with van der Waals surface area (Å²) in [5, 5.41) is 16.0. The van der Waals surface area contributed by atoms with Gasteiger partial charge in [0, 0.05) is 45.0 Å². The van der Waals surface area contributed by atoms with Gasteiger partial charge in [0.2, 0.25) is 0 Å². The van der Waals surface area contributed by atoms with Crippen molar-refractivity contribution in [2.24, 2.45) is 10.2 Å². The Labute approximate surface area is 246 Å². The molecule has 0 unspecified atom stereocenters. The van der Waals surface area contributed by atoms with Gasteiger partial charge in [-0.3, -0.25) is 0 Å². The summed E-state index contributed by atoms with van der Waals surface area (Å²) in [6, 6.07) is 53.6. The lowest BCUT2D eigenvalue weighted by atomic mass is 10.0. The SMILES string of the molecule is C(=NN=Cc1ccccc1Nc1ccccc1-c1ccccc1)c1ccccc1Nc1ccccc1-c1ccccc1. The van der Waals surface area contributed by atoms with Crippen LogP contribution in [-0.4, -0.2) is 12.4 Å². The minimum atomic E-state index is 0.945. The first-order valence-electron chi connectivity index (χ1n) is 13.9. The van der Waals surface area contributed by atoms with Gasteiger partial charge in [0.1, 0.15) is 0 Å². The molecule has 4 heteroatoms. The molecule has 0 aliphatic carbocycles. The molecule has 0 aliphatic heterocycles. The second-order valence-electron chi connectivity index (χ2n) is 9.74. The molecule has 0 aromatic heterocycles. The van der Waals surface area contributed by atoms with Crippen molar-refractivity contribution >= 4 is 35.2 Å². The Bertz CT molecular complexity index is 1690. The number of anilines is 4. The lowest BCUT2D eigenvalue weighted by Crippen LogP contribution is -1.98. The van der Waals surface area contributed by atoms with Crippen LogP contribution < -0.4 is 10.6 Å². The van der Waals surface area contributed by atoms with E-state index in [4.69, 9.17) is 0 Å². The summed E-state index contributed by atoms with van der Waals surface area (Å²) < 4.78 is 0. The van der Waals surface area contributed by atoms with Crippen LogP contribution in [0, 0.1) is 0 Å². The van der Waals surface area contributed by atoms with E-state index in [1.165, 1.54) is 0 Å². The fraction of sp³-hybridized carbons (Fsp3) is 0. The average Bonchev–Trinajstić information content (AvgIpc) is 3.06. The van der Waals surface area contributed by atoms with E-state index < -0.39 is 0 Å². The Morgan fingerprint density at radius 3 is 1.10 bits per heavy atom. The van der Waals surface area contributed by atoms with E-state index in [1.54, 1.807) is 12.4 Å². The first kappa shape index (κ1) is 26.5. The van der Waals surface area contributed by atoms with Crippen molar-refractivity contribution in [3.8, 4) is 22.3 Å². The molecule has 0 fully saturated rings. The van der Waals surface area contributed by atoms with Crippen LogP contribution in [0.1, 0.15) is 11.1 Å². The summed E-state index contributed by atoms with van der Waals surface area (Å²) in [7, 11) is 0. The maximum atomic E-state index is 4.41. The summed E-state index contributed by atoms with van der Waals surface area (Å²) >= 11 is 0. The van der Waals surface area contributed by atoms with Gasteiger partial charge >= 0.3 is 0 Å². The molecule has 0 spiro atoms. The number of nitrogens with zero attached hydrogens (tertiary/aromatic N) is 2. The molecule has 0 bridgehead atoms. The molecule has 0 saturated carbocycles. The first-order chi connectivity index (χ1) is 20.8. The molecule has 6 aromatic rings. The monoisotopic (exact) mass is 542 g/mol. The predicted octanol–water partition coefficient (Wildman–Crippen LogP) is 9.96. The van der Waals surface area contributed by atoms with Gasteiger partial charge in [0.25, 0.3) is 0 Å².